The van der Waals surface area contributed by atoms with Gasteiger partial charge in [-0.05, 0) is 33.2 Å². The third kappa shape index (κ3) is 3.08. The second kappa shape index (κ2) is 6.76. The number of rotatable bonds is 4. The van der Waals surface area contributed by atoms with Crippen molar-refractivity contribution in [1.29, 1.82) is 0 Å². The van der Waals surface area contributed by atoms with Crippen LogP contribution in [0.2, 0.25) is 0 Å². The lowest BCUT2D eigenvalue weighted by Gasteiger charge is -2.33. The van der Waals surface area contributed by atoms with Crippen LogP contribution < -0.4 is 10.9 Å². The average Bonchev–Trinajstić information content (AvgIpc) is 2.90. The molecule has 0 aliphatic carbocycles. The van der Waals surface area contributed by atoms with E-state index in [2.05, 4.69) is 22.1 Å². The summed E-state index contributed by atoms with van der Waals surface area (Å²) in [6.45, 7) is 6.36. The van der Waals surface area contributed by atoms with Gasteiger partial charge >= 0.3 is 0 Å². The Morgan fingerprint density at radius 1 is 1.46 bits per heavy atom. The van der Waals surface area contributed by atoms with Gasteiger partial charge in [-0.25, -0.2) is 4.98 Å². The van der Waals surface area contributed by atoms with Crippen molar-refractivity contribution >= 4 is 17.0 Å². The summed E-state index contributed by atoms with van der Waals surface area (Å²) < 4.78 is 6.82. The number of hydrogen-bond donors (Lipinski definition) is 1. The summed E-state index contributed by atoms with van der Waals surface area (Å²) in [5.74, 6) is 0.144. The highest BCUT2D eigenvalue weighted by molar-refractivity contribution is 6.06. The number of fused-ring (bicyclic) bond motifs is 1. The van der Waals surface area contributed by atoms with Crippen LogP contribution in [-0.2, 0) is 7.05 Å². The molecule has 7 nitrogen and oxygen atoms in total. The highest BCUT2D eigenvalue weighted by atomic mass is 16.3. The highest BCUT2D eigenvalue weighted by Crippen LogP contribution is 2.20. The Morgan fingerprint density at radius 2 is 2.25 bits per heavy atom. The Labute approximate surface area is 140 Å². The second-order valence-corrected chi connectivity index (χ2v) is 6.51. The topological polar surface area (TPSA) is 80.4 Å². The average molecular weight is 332 g/mol. The van der Waals surface area contributed by atoms with Crippen LogP contribution in [0.1, 0.15) is 42.3 Å². The minimum absolute atomic E-state index is 0.213. The molecule has 1 N–H and O–H groups in total. The number of nitrogens with zero attached hydrogens (tertiary/aromatic N) is 3. The van der Waals surface area contributed by atoms with Crippen LogP contribution in [0, 0.1) is 6.92 Å². The Hall–Kier alpha value is -2.15. The summed E-state index contributed by atoms with van der Waals surface area (Å²) in [5.41, 5.74) is 0.238. The van der Waals surface area contributed by atoms with Gasteiger partial charge in [0.1, 0.15) is 17.5 Å². The second-order valence-electron chi connectivity index (χ2n) is 6.51. The van der Waals surface area contributed by atoms with Gasteiger partial charge in [0.15, 0.2) is 0 Å². The molecule has 3 heterocycles. The van der Waals surface area contributed by atoms with Crippen molar-refractivity contribution in [2.24, 2.45) is 7.05 Å². The summed E-state index contributed by atoms with van der Waals surface area (Å²) in [6.07, 6.45) is 5.10. The zero-order chi connectivity index (χ0) is 17.3. The molecule has 0 aromatic carbocycles. The van der Waals surface area contributed by atoms with Crippen molar-refractivity contribution in [3.05, 3.63) is 28.0 Å². The first-order valence-corrected chi connectivity index (χ1v) is 8.46. The summed E-state index contributed by atoms with van der Waals surface area (Å²) in [4.78, 5) is 31.3. The fraction of sp³-hybridized carbons (Fsp3) is 0.588. The molecule has 1 unspecified atom stereocenters. The fourth-order valence-corrected chi connectivity index (χ4v) is 3.35. The largest absolute Gasteiger partial charge is 0.442 e. The number of amides is 1. The molecule has 130 valence electrons. The molecule has 0 saturated carbocycles. The van der Waals surface area contributed by atoms with Crippen LogP contribution in [0.15, 0.2) is 15.5 Å². The number of aryl methyl sites for hydroxylation is 2. The van der Waals surface area contributed by atoms with E-state index in [-0.39, 0.29) is 22.6 Å². The van der Waals surface area contributed by atoms with E-state index in [1.54, 1.807) is 14.0 Å². The van der Waals surface area contributed by atoms with Crippen LogP contribution in [0.4, 0.5) is 0 Å². The lowest BCUT2D eigenvalue weighted by atomic mass is 10.0. The number of hydrogen-bond acceptors (Lipinski definition) is 5. The van der Waals surface area contributed by atoms with E-state index in [1.165, 1.54) is 30.2 Å². The van der Waals surface area contributed by atoms with Gasteiger partial charge in [0.25, 0.3) is 11.5 Å². The van der Waals surface area contributed by atoms with Gasteiger partial charge in [0, 0.05) is 26.2 Å². The Kier molecular flexibility index (Phi) is 4.71. The van der Waals surface area contributed by atoms with Gasteiger partial charge in [-0.2, -0.15) is 0 Å². The molecule has 2 aromatic heterocycles. The molecule has 2 aromatic rings. The molecule has 1 aliphatic rings. The first-order chi connectivity index (χ1) is 11.5. The number of likely N-dealkylation sites (tertiary alicyclic amines) is 1. The Morgan fingerprint density at radius 3 is 3.00 bits per heavy atom. The predicted molar refractivity (Wildman–Crippen MR) is 91.2 cm³/mol. The van der Waals surface area contributed by atoms with Gasteiger partial charge in [-0.1, -0.05) is 6.42 Å². The maximum absolute atomic E-state index is 12.6. The number of piperidine rings is 1. The van der Waals surface area contributed by atoms with Crippen LogP contribution in [0.3, 0.4) is 0 Å². The van der Waals surface area contributed by atoms with Crippen LogP contribution in [0.25, 0.3) is 11.1 Å². The molecule has 24 heavy (non-hydrogen) atoms. The lowest BCUT2D eigenvalue weighted by molar-refractivity contribution is 0.0938. The van der Waals surface area contributed by atoms with Gasteiger partial charge in [0.05, 0.1) is 5.56 Å². The number of nitrogens with one attached hydrogen (secondary N) is 1. The molecule has 0 spiro atoms. The molecule has 3 rings (SSSR count). The monoisotopic (exact) mass is 332 g/mol. The van der Waals surface area contributed by atoms with Crippen molar-refractivity contribution in [2.45, 2.75) is 39.2 Å². The molecule has 1 amide bonds. The van der Waals surface area contributed by atoms with E-state index in [0.717, 1.165) is 13.1 Å². The molecule has 0 radical (unpaired) electrons. The Balaban J connectivity index is 1.73. The van der Waals surface area contributed by atoms with Crippen molar-refractivity contribution in [3.8, 4) is 0 Å². The van der Waals surface area contributed by atoms with Gasteiger partial charge in [0.2, 0.25) is 5.71 Å². The van der Waals surface area contributed by atoms with E-state index in [9.17, 15) is 9.59 Å². The van der Waals surface area contributed by atoms with E-state index >= 15 is 0 Å². The van der Waals surface area contributed by atoms with E-state index in [0.29, 0.717) is 23.9 Å². The summed E-state index contributed by atoms with van der Waals surface area (Å²) in [6, 6.07) is 0.559. The summed E-state index contributed by atoms with van der Waals surface area (Å²) >= 11 is 0. The fourth-order valence-electron chi connectivity index (χ4n) is 3.35. The zero-order valence-electron chi connectivity index (χ0n) is 14.5. The molecular weight excluding hydrogens is 308 g/mol. The molecule has 1 saturated heterocycles. The normalized spacial score (nSPS) is 18.9. The third-order valence-electron chi connectivity index (χ3n) is 4.80. The first kappa shape index (κ1) is 16.7. The molecular formula is C17H24N4O3. The predicted octanol–water partition coefficient (Wildman–Crippen LogP) is 1.44. The standard InChI is InChI=1S/C17H24N4O3/c1-11-6-4-5-8-21(11)9-7-18-15(22)13-12(2)24-16-14(13)17(23)20(3)10-19-16/h10-11H,4-9H2,1-3H3,(H,18,22). The SMILES string of the molecule is Cc1oc2ncn(C)c(=O)c2c1C(=O)NCCN1CCCCC1C. The number of carbonyl (C=O) groups excluding carboxylic acids is 1. The number of aromatic nitrogens is 2. The Bertz CT molecular complexity index is 808. The molecule has 1 aliphatic heterocycles. The van der Waals surface area contributed by atoms with E-state index in [4.69, 9.17) is 4.42 Å². The van der Waals surface area contributed by atoms with Gasteiger partial charge in [-0.15, -0.1) is 0 Å². The van der Waals surface area contributed by atoms with Crippen molar-refractivity contribution in [2.75, 3.05) is 19.6 Å². The van der Waals surface area contributed by atoms with Crippen molar-refractivity contribution in [3.63, 3.8) is 0 Å². The smallest absolute Gasteiger partial charge is 0.265 e. The third-order valence-corrected chi connectivity index (χ3v) is 4.80. The van der Waals surface area contributed by atoms with Crippen LogP contribution in [-0.4, -0.2) is 46.0 Å². The van der Waals surface area contributed by atoms with Crippen LogP contribution in [0.5, 0.6) is 0 Å². The van der Waals surface area contributed by atoms with E-state index < -0.39 is 0 Å². The first-order valence-electron chi connectivity index (χ1n) is 8.46. The quantitative estimate of drug-likeness (QED) is 0.916. The maximum Gasteiger partial charge on any atom is 0.265 e. The number of furan rings is 1. The molecule has 7 heteroatoms. The van der Waals surface area contributed by atoms with Gasteiger partial charge in [-0.3, -0.25) is 14.5 Å². The summed E-state index contributed by atoms with van der Waals surface area (Å²) in [7, 11) is 1.61. The zero-order valence-corrected chi connectivity index (χ0v) is 14.5. The van der Waals surface area contributed by atoms with E-state index in [1.807, 2.05) is 0 Å². The lowest BCUT2D eigenvalue weighted by Crippen LogP contribution is -2.42. The van der Waals surface area contributed by atoms with Crippen molar-refractivity contribution < 1.29 is 9.21 Å². The molecule has 1 atom stereocenters. The number of carbonyl (C=O) groups is 1. The molecule has 0 bridgehead atoms. The van der Waals surface area contributed by atoms with Crippen molar-refractivity contribution in [1.82, 2.24) is 19.8 Å². The highest BCUT2D eigenvalue weighted by Gasteiger charge is 2.23. The molecule has 1 fully saturated rings. The van der Waals surface area contributed by atoms with Gasteiger partial charge < -0.3 is 14.3 Å². The summed E-state index contributed by atoms with van der Waals surface area (Å²) in [5, 5.41) is 3.17. The van der Waals surface area contributed by atoms with Crippen LogP contribution >= 0.6 is 0 Å². The minimum atomic E-state index is -0.277. The maximum atomic E-state index is 12.6. The minimum Gasteiger partial charge on any atom is -0.442 e.